The van der Waals surface area contributed by atoms with Gasteiger partial charge < -0.3 is 5.32 Å². The number of halogens is 3. The van der Waals surface area contributed by atoms with Crippen LogP contribution in [0.25, 0.3) is 0 Å². The zero-order chi connectivity index (χ0) is 17.5. The van der Waals surface area contributed by atoms with E-state index >= 15 is 0 Å². The summed E-state index contributed by atoms with van der Waals surface area (Å²) in [5, 5.41) is 6.86. The molecule has 0 aliphatic rings. The van der Waals surface area contributed by atoms with E-state index < -0.39 is 24.1 Å². The van der Waals surface area contributed by atoms with Crippen LogP contribution in [0, 0.1) is 5.82 Å². The Morgan fingerprint density at radius 3 is 2.58 bits per heavy atom. The first-order valence-electron chi connectivity index (χ1n) is 6.77. The van der Waals surface area contributed by atoms with Gasteiger partial charge in [-0.1, -0.05) is 41.4 Å². The third kappa shape index (κ3) is 5.33. The SMILES string of the molecule is O=C(CC(=O)Nc1ccccc1F)NN=Cc1ccc(Cl)cc1Cl. The van der Waals surface area contributed by atoms with Crippen molar-refractivity contribution in [3.05, 3.63) is 63.9 Å². The third-order valence-electron chi connectivity index (χ3n) is 2.82. The summed E-state index contributed by atoms with van der Waals surface area (Å²) in [5.41, 5.74) is 2.75. The Bertz CT molecular complexity index is 797. The molecule has 0 saturated heterocycles. The molecule has 124 valence electrons. The Kier molecular flexibility index (Phi) is 6.28. The molecule has 0 unspecified atom stereocenters. The largest absolute Gasteiger partial charge is 0.323 e. The molecule has 2 amide bonds. The number of carbonyl (C=O) groups excluding carboxylic acids is 2. The van der Waals surface area contributed by atoms with E-state index in [4.69, 9.17) is 23.2 Å². The Morgan fingerprint density at radius 2 is 1.88 bits per heavy atom. The number of rotatable bonds is 5. The first-order chi connectivity index (χ1) is 11.5. The summed E-state index contributed by atoms with van der Waals surface area (Å²) in [6.45, 7) is 0. The molecule has 2 aromatic carbocycles. The van der Waals surface area contributed by atoms with Gasteiger partial charge in [0.15, 0.2) is 0 Å². The van der Waals surface area contributed by atoms with E-state index in [1.54, 1.807) is 18.2 Å². The molecule has 0 bridgehead atoms. The zero-order valence-corrected chi connectivity index (χ0v) is 13.7. The number of hydrogen-bond acceptors (Lipinski definition) is 3. The van der Waals surface area contributed by atoms with Gasteiger partial charge in [0.25, 0.3) is 0 Å². The van der Waals surface area contributed by atoms with Crippen molar-refractivity contribution in [2.24, 2.45) is 5.10 Å². The standard InChI is InChI=1S/C16H12Cl2FN3O2/c17-11-6-5-10(12(18)7-11)9-20-22-16(24)8-15(23)21-14-4-2-1-3-13(14)19/h1-7,9H,8H2,(H,21,23)(H,22,24). The number of benzene rings is 2. The number of nitrogens with zero attached hydrogens (tertiary/aromatic N) is 1. The predicted molar refractivity (Wildman–Crippen MR) is 91.8 cm³/mol. The molecule has 5 nitrogen and oxygen atoms in total. The first-order valence-corrected chi connectivity index (χ1v) is 7.52. The van der Waals surface area contributed by atoms with Gasteiger partial charge in [0.2, 0.25) is 11.8 Å². The molecule has 0 aliphatic heterocycles. The lowest BCUT2D eigenvalue weighted by Gasteiger charge is -2.05. The number of amides is 2. The van der Waals surface area contributed by atoms with Gasteiger partial charge in [-0.3, -0.25) is 9.59 Å². The van der Waals surface area contributed by atoms with Gasteiger partial charge >= 0.3 is 0 Å². The second-order valence-electron chi connectivity index (χ2n) is 4.66. The van der Waals surface area contributed by atoms with Crippen molar-refractivity contribution in [1.29, 1.82) is 0 Å². The highest BCUT2D eigenvalue weighted by Crippen LogP contribution is 2.19. The number of carbonyl (C=O) groups is 2. The number of anilines is 1. The lowest BCUT2D eigenvalue weighted by atomic mass is 10.2. The van der Waals surface area contributed by atoms with Crippen LogP contribution in [0.4, 0.5) is 10.1 Å². The zero-order valence-electron chi connectivity index (χ0n) is 12.2. The van der Waals surface area contributed by atoms with E-state index in [0.29, 0.717) is 15.6 Å². The average Bonchev–Trinajstić information content (AvgIpc) is 2.51. The van der Waals surface area contributed by atoms with Crippen molar-refractivity contribution >= 4 is 46.9 Å². The molecule has 0 radical (unpaired) electrons. The van der Waals surface area contributed by atoms with Gasteiger partial charge in [-0.2, -0.15) is 5.10 Å². The average molecular weight is 368 g/mol. The van der Waals surface area contributed by atoms with Crippen molar-refractivity contribution in [3.8, 4) is 0 Å². The van der Waals surface area contributed by atoms with E-state index in [9.17, 15) is 14.0 Å². The predicted octanol–water partition coefficient (Wildman–Crippen LogP) is 3.61. The Balaban J connectivity index is 1.85. The number of nitrogens with one attached hydrogen (secondary N) is 2. The fraction of sp³-hybridized carbons (Fsp3) is 0.0625. The molecular formula is C16H12Cl2FN3O2. The molecule has 2 aromatic rings. The fourth-order valence-electron chi connectivity index (χ4n) is 1.72. The highest BCUT2D eigenvalue weighted by Gasteiger charge is 2.11. The molecule has 0 heterocycles. The second kappa shape index (κ2) is 8.42. The van der Waals surface area contributed by atoms with Crippen molar-refractivity contribution < 1.29 is 14.0 Å². The van der Waals surface area contributed by atoms with Gasteiger partial charge in [0, 0.05) is 10.6 Å². The molecule has 0 aliphatic carbocycles. The summed E-state index contributed by atoms with van der Waals surface area (Å²) in [6.07, 6.45) is 0.825. The highest BCUT2D eigenvalue weighted by atomic mass is 35.5. The molecule has 24 heavy (non-hydrogen) atoms. The van der Waals surface area contributed by atoms with Crippen molar-refractivity contribution in [2.45, 2.75) is 6.42 Å². The van der Waals surface area contributed by atoms with E-state index in [1.165, 1.54) is 30.5 Å². The quantitative estimate of drug-likeness (QED) is 0.481. The molecule has 0 atom stereocenters. The Morgan fingerprint density at radius 1 is 1.12 bits per heavy atom. The van der Waals surface area contributed by atoms with Crippen LogP contribution in [0.15, 0.2) is 47.6 Å². The fourth-order valence-corrected chi connectivity index (χ4v) is 2.18. The minimum Gasteiger partial charge on any atom is -0.323 e. The van der Waals surface area contributed by atoms with E-state index in [-0.39, 0.29) is 5.69 Å². The molecule has 0 saturated carbocycles. The first kappa shape index (κ1) is 17.9. The molecule has 8 heteroatoms. The molecule has 2 N–H and O–H groups in total. The summed E-state index contributed by atoms with van der Waals surface area (Å²) in [4.78, 5) is 23.3. The van der Waals surface area contributed by atoms with Crippen molar-refractivity contribution in [1.82, 2.24) is 5.43 Å². The molecular weight excluding hydrogens is 356 g/mol. The van der Waals surface area contributed by atoms with E-state index in [0.717, 1.165) is 0 Å². The maximum Gasteiger partial charge on any atom is 0.249 e. The number of hydrogen-bond donors (Lipinski definition) is 2. The maximum atomic E-state index is 13.4. The maximum absolute atomic E-state index is 13.4. The summed E-state index contributed by atoms with van der Waals surface area (Å²) in [5.74, 6) is -1.89. The van der Waals surface area contributed by atoms with Crippen LogP contribution in [0.2, 0.25) is 10.0 Å². The van der Waals surface area contributed by atoms with Crippen molar-refractivity contribution in [2.75, 3.05) is 5.32 Å². The normalized spacial score (nSPS) is 10.6. The third-order valence-corrected chi connectivity index (χ3v) is 3.39. The summed E-state index contributed by atoms with van der Waals surface area (Å²) >= 11 is 11.7. The summed E-state index contributed by atoms with van der Waals surface area (Å²) in [7, 11) is 0. The van der Waals surface area contributed by atoms with Crippen molar-refractivity contribution in [3.63, 3.8) is 0 Å². The van der Waals surface area contributed by atoms with Crippen LogP contribution in [-0.4, -0.2) is 18.0 Å². The molecule has 2 rings (SSSR count). The van der Waals surface area contributed by atoms with Crippen LogP contribution >= 0.6 is 23.2 Å². The minimum atomic E-state index is -0.655. The van der Waals surface area contributed by atoms with Gasteiger partial charge in [-0.15, -0.1) is 0 Å². The van der Waals surface area contributed by atoms with Gasteiger partial charge in [0.1, 0.15) is 12.2 Å². The topological polar surface area (TPSA) is 70.6 Å². The smallest absolute Gasteiger partial charge is 0.249 e. The number of hydrazone groups is 1. The van der Waals surface area contributed by atoms with E-state index in [1.807, 2.05) is 0 Å². The van der Waals surface area contributed by atoms with Gasteiger partial charge in [-0.05, 0) is 24.3 Å². The van der Waals surface area contributed by atoms with Crippen LogP contribution in [0.5, 0.6) is 0 Å². The van der Waals surface area contributed by atoms with Crippen LogP contribution in [0.3, 0.4) is 0 Å². The Hall–Kier alpha value is -2.44. The van der Waals surface area contributed by atoms with E-state index in [2.05, 4.69) is 15.8 Å². The highest BCUT2D eigenvalue weighted by molar-refractivity contribution is 6.36. The monoisotopic (exact) mass is 367 g/mol. The van der Waals surface area contributed by atoms with Crippen LogP contribution in [-0.2, 0) is 9.59 Å². The summed E-state index contributed by atoms with van der Waals surface area (Å²) < 4.78 is 13.4. The molecule has 0 fully saturated rings. The molecule has 0 spiro atoms. The van der Waals surface area contributed by atoms with Gasteiger partial charge in [0.05, 0.1) is 16.9 Å². The summed E-state index contributed by atoms with van der Waals surface area (Å²) in [6, 6.07) is 10.5. The van der Waals surface area contributed by atoms with Gasteiger partial charge in [-0.25, -0.2) is 9.82 Å². The Labute approximate surface area is 147 Å². The van der Waals surface area contributed by atoms with Crippen LogP contribution < -0.4 is 10.7 Å². The second-order valence-corrected chi connectivity index (χ2v) is 5.51. The lowest BCUT2D eigenvalue weighted by Crippen LogP contribution is -2.24. The lowest BCUT2D eigenvalue weighted by molar-refractivity contribution is -0.126. The van der Waals surface area contributed by atoms with Crippen LogP contribution in [0.1, 0.15) is 12.0 Å². The number of para-hydroxylation sites is 1. The molecule has 0 aromatic heterocycles. The minimum absolute atomic E-state index is 0.00625.